The Labute approximate surface area is 195 Å². The molecule has 3 aromatic rings. The molecular weight excluding hydrogens is 408 g/mol. The van der Waals surface area contributed by atoms with E-state index in [1.54, 1.807) is 0 Å². The van der Waals surface area contributed by atoms with Crippen LogP contribution < -0.4 is 10.4 Å². The van der Waals surface area contributed by atoms with Crippen LogP contribution in [0.4, 0.5) is 0 Å². The van der Waals surface area contributed by atoms with E-state index >= 15 is 0 Å². The molecule has 1 atom stereocenters. The van der Waals surface area contributed by atoms with E-state index in [4.69, 9.17) is 9.16 Å². The molecule has 168 valence electrons. The highest BCUT2D eigenvalue weighted by Crippen LogP contribution is 2.38. The molecule has 3 rings (SSSR count). The zero-order chi connectivity index (χ0) is 22.9. The minimum absolute atomic E-state index is 0.0263. The second-order valence-corrected chi connectivity index (χ2v) is 13.5. The summed E-state index contributed by atoms with van der Waals surface area (Å²) in [7, 11) is -2.57. The Kier molecular flexibility index (Phi) is 8.63. The second-order valence-electron chi connectivity index (χ2n) is 9.24. The highest BCUT2D eigenvalue weighted by atomic mass is 28.4. The van der Waals surface area contributed by atoms with E-state index in [9.17, 15) is 0 Å². The normalized spacial score (nSPS) is 13.0. The molecule has 0 aliphatic rings. The first kappa shape index (κ1) is 24.2. The van der Waals surface area contributed by atoms with Crippen molar-refractivity contribution in [1.29, 1.82) is 0 Å². The maximum absolute atomic E-state index is 7.15. The van der Waals surface area contributed by atoms with Crippen molar-refractivity contribution in [2.75, 3.05) is 6.61 Å². The van der Waals surface area contributed by atoms with Gasteiger partial charge in [-0.3, -0.25) is 0 Å². The van der Waals surface area contributed by atoms with Crippen molar-refractivity contribution in [3.8, 4) is 0 Å². The molecular formula is C29H36O2Si. The summed E-state index contributed by atoms with van der Waals surface area (Å²) in [6.07, 6.45) is 3.77. The lowest BCUT2D eigenvalue weighted by molar-refractivity contribution is 0.108. The lowest BCUT2D eigenvalue weighted by Crippen LogP contribution is -2.67. The smallest absolute Gasteiger partial charge is 0.261 e. The van der Waals surface area contributed by atoms with E-state index in [-0.39, 0.29) is 11.1 Å². The first-order valence-electron chi connectivity index (χ1n) is 11.5. The van der Waals surface area contributed by atoms with Gasteiger partial charge in [0.2, 0.25) is 0 Å². The van der Waals surface area contributed by atoms with Crippen molar-refractivity contribution >= 4 is 18.7 Å². The molecule has 0 saturated carbocycles. The number of hydrogen-bond donors (Lipinski definition) is 0. The molecule has 0 fully saturated rings. The van der Waals surface area contributed by atoms with E-state index < -0.39 is 8.32 Å². The van der Waals surface area contributed by atoms with Gasteiger partial charge in [0.1, 0.15) is 0 Å². The summed E-state index contributed by atoms with van der Waals surface area (Å²) < 4.78 is 13.1. The SMILES string of the molecule is C=C[C@@H](CCCOCc1ccccc1)O[Si](c1ccccc1)(c1ccccc1)C(C)(C)C. The van der Waals surface area contributed by atoms with Crippen molar-refractivity contribution in [1.82, 2.24) is 0 Å². The third kappa shape index (κ3) is 5.86. The lowest BCUT2D eigenvalue weighted by Gasteiger charge is -2.44. The number of ether oxygens (including phenoxy) is 1. The summed E-state index contributed by atoms with van der Waals surface area (Å²) in [5.74, 6) is 0. The first-order chi connectivity index (χ1) is 15.5. The summed E-state index contributed by atoms with van der Waals surface area (Å²) in [4.78, 5) is 0. The molecule has 0 amide bonds. The van der Waals surface area contributed by atoms with E-state index in [2.05, 4.69) is 100 Å². The topological polar surface area (TPSA) is 18.5 Å². The van der Waals surface area contributed by atoms with Crippen molar-refractivity contribution < 1.29 is 9.16 Å². The monoisotopic (exact) mass is 444 g/mol. The summed E-state index contributed by atoms with van der Waals surface area (Å²) >= 11 is 0. The van der Waals surface area contributed by atoms with Crippen LogP contribution in [0.25, 0.3) is 0 Å². The second kappa shape index (κ2) is 11.4. The van der Waals surface area contributed by atoms with Crippen LogP contribution in [0.2, 0.25) is 5.04 Å². The highest BCUT2D eigenvalue weighted by Gasteiger charge is 2.51. The van der Waals surface area contributed by atoms with Crippen molar-refractivity contribution in [2.45, 2.75) is 51.4 Å². The van der Waals surface area contributed by atoms with Gasteiger partial charge in [0.25, 0.3) is 8.32 Å². The molecule has 2 nitrogen and oxygen atoms in total. The fraction of sp³-hybridized carbons (Fsp3) is 0.310. The van der Waals surface area contributed by atoms with Gasteiger partial charge in [-0.15, -0.1) is 6.58 Å². The molecule has 0 saturated heterocycles. The molecule has 0 heterocycles. The number of hydrogen-bond acceptors (Lipinski definition) is 2. The quantitative estimate of drug-likeness (QED) is 0.202. The predicted molar refractivity (Wildman–Crippen MR) is 138 cm³/mol. The van der Waals surface area contributed by atoms with Crippen molar-refractivity contribution in [3.05, 3.63) is 109 Å². The molecule has 0 aromatic heterocycles. The molecule has 32 heavy (non-hydrogen) atoms. The molecule has 0 bridgehead atoms. The van der Waals surface area contributed by atoms with E-state index in [1.807, 2.05) is 24.3 Å². The van der Waals surface area contributed by atoms with Gasteiger partial charge in [-0.1, -0.05) is 118 Å². The van der Waals surface area contributed by atoms with Crippen LogP contribution in [0.3, 0.4) is 0 Å². The fourth-order valence-corrected chi connectivity index (χ4v) is 8.98. The third-order valence-electron chi connectivity index (χ3n) is 5.90. The van der Waals surface area contributed by atoms with Gasteiger partial charge < -0.3 is 9.16 Å². The fourth-order valence-electron chi connectivity index (χ4n) is 4.29. The van der Waals surface area contributed by atoms with Crippen LogP contribution >= 0.6 is 0 Å². The lowest BCUT2D eigenvalue weighted by atomic mass is 10.2. The van der Waals surface area contributed by atoms with E-state index in [1.165, 1.54) is 15.9 Å². The standard InChI is InChI=1S/C29H36O2Si/c1-5-26(18-15-23-30-24-25-16-9-6-10-17-25)31-32(29(2,3)4,27-19-11-7-12-20-27)28-21-13-8-14-22-28/h5-14,16-17,19-22,26H,1,15,18,23-24H2,2-4H3/t26-/m0/s1. The largest absolute Gasteiger partial charge is 0.401 e. The van der Waals surface area contributed by atoms with Crippen LogP contribution in [0.1, 0.15) is 39.2 Å². The van der Waals surface area contributed by atoms with Gasteiger partial charge in [0.15, 0.2) is 0 Å². The van der Waals surface area contributed by atoms with Crippen LogP contribution in [0, 0.1) is 0 Å². The Morgan fingerprint density at radius 1 is 0.812 bits per heavy atom. The Hall–Kier alpha value is -2.46. The zero-order valence-corrected chi connectivity index (χ0v) is 20.7. The highest BCUT2D eigenvalue weighted by molar-refractivity contribution is 6.99. The van der Waals surface area contributed by atoms with Gasteiger partial charge in [0.05, 0.1) is 12.7 Å². The van der Waals surface area contributed by atoms with Crippen LogP contribution in [-0.2, 0) is 15.8 Å². The Balaban J connectivity index is 1.76. The molecule has 0 aliphatic carbocycles. The summed E-state index contributed by atoms with van der Waals surface area (Å²) in [6, 6.07) is 31.9. The van der Waals surface area contributed by atoms with Gasteiger partial charge in [-0.05, 0) is 33.8 Å². The maximum Gasteiger partial charge on any atom is 0.261 e. The Morgan fingerprint density at radius 2 is 1.31 bits per heavy atom. The molecule has 3 heteroatoms. The molecule has 0 N–H and O–H groups in total. The van der Waals surface area contributed by atoms with Crippen LogP contribution in [-0.4, -0.2) is 21.0 Å². The predicted octanol–water partition coefficient (Wildman–Crippen LogP) is 6.11. The number of benzene rings is 3. The molecule has 0 radical (unpaired) electrons. The summed E-state index contributed by atoms with van der Waals surface area (Å²) in [6.45, 7) is 12.4. The van der Waals surface area contributed by atoms with Crippen molar-refractivity contribution in [3.63, 3.8) is 0 Å². The maximum atomic E-state index is 7.15. The molecule has 0 spiro atoms. The first-order valence-corrected chi connectivity index (χ1v) is 13.4. The zero-order valence-electron chi connectivity index (χ0n) is 19.7. The minimum atomic E-state index is -2.57. The molecule has 3 aromatic carbocycles. The minimum Gasteiger partial charge on any atom is -0.401 e. The Bertz CT molecular complexity index is 894. The van der Waals surface area contributed by atoms with Gasteiger partial charge >= 0.3 is 0 Å². The molecule has 0 unspecified atom stereocenters. The summed E-state index contributed by atoms with van der Waals surface area (Å²) in [5.41, 5.74) is 1.20. The van der Waals surface area contributed by atoms with Gasteiger partial charge in [-0.2, -0.15) is 0 Å². The van der Waals surface area contributed by atoms with E-state index in [0.29, 0.717) is 13.2 Å². The van der Waals surface area contributed by atoms with Crippen molar-refractivity contribution in [2.24, 2.45) is 0 Å². The van der Waals surface area contributed by atoms with E-state index in [0.717, 1.165) is 12.8 Å². The summed E-state index contributed by atoms with van der Waals surface area (Å²) in [5, 5.41) is 2.55. The molecule has 0 aliphatic heterocycles. The van der Waals surface area contributed by atoms with Gasteiger partial charge in [-0.25, -0.2) is 0 Å². The van der Waals surface area contributed by atoms with Crippen LogP contribution in [0.15, 0.2) is 104 Å². The number of rotatable bonds is 11. The van der Waals surface area contributed by atoms with Gasteiger partial charge in [0, 0.05) is 6.61 Å². The average Bonchev–Trinajstić information content (AvgIpc) is 2.82. The third-order valence-corrected chi connectivity index (χ3v) is 11.0. The average molecular weight is 445 g/mol. The Morgan fingerprint density at radius 3 is 1.78 bits per heavy atom. The van der Waals surface area contributed by atoms with Crippen LogP contribution in [0.5, 0.6) is 0 Å².